The first-order chi connectivity index (χ1) is 30.7. The highest BCUT2D eigenvalue weighted by atomic mass is 32.1. The molecule has 1 nitrogen and oxygen atoms in total. The van der Waals surface area contributed by atoms with Crippen LogP contribution in [0.3, 0.4) is 0 Å². The second kappa shape index (κ2) is 15.0. The van der Waals surface area contributed by atoms with E-state index in [0.29, 0.717) is 0 Å². The summed E-state index contributed by atoms with van der Waals surface area (Å²) in [4.78, 5) is 0. The minimum absolute atomic E-state index is 1.16. The van der Waals surface area contributed by atoms with Crippen LogP contribution in [0.4, 0.5) is 0 Å². The molecule has 290 valence electrons. The number of para-hydroxylation sites is 1. The maximum atomic E-state index is 2.47. The molecule has 12 rings (SSSR count). The molecule has 0 radical (unpaired) electrons. The standard InChI is InChI=1S/C60H39NS/c1-3-12-40(13-4-1)42-22-26-44(27-23-42)48-34-36-56-53(38-48)54-39-49(45-28-24-43(25-29-45)41-14-5-2-6-15-41)35-37-57(54)61(56)55-19-9-7-16-50(55)46-30-32-47(33-31-46)51-18-11-21-59-60(51)52-17-8-10-20-58(52)62-59/h1-39H. The predicted octanol–water partition coefficient (Wildman–Crippen LogP) is 17.2. The number of hydrogen-bond donors (Lipinski definition) is 0. The van der Waals surface area contributed by atoms with Crippen molar-refractivity contribution in [2.45, 2.75) is 0 Å². The molecule has 0 saturated carbocycles. The van der Waals surface area contributed by atoms with Gasteiger partial charge in [-0.25, -0.2) is 0 Å². The number of thiophene rings is 1. The average Bonchev–Trinajstić information content (AvgIpc) is 3.90. The Labute approximate surface area is 365 Å². The van der Waals surface area contributed by atoms with Crippen LogP contribution in [0.25, 0.3) is 114 Å². The maximum absolute atomic E-state index is 2.47. The van der Waals surface area contributed by atoms with Crippen LogP contribution in [0.5, 0.6) is 0 Å². The van der Waals surface area contributed by atoms with Gasteiger partial charge in [-0.2, -0.15) is 0 Å². The van der Waals surface area contributed by atoms with Crippen molar-refractivity contribution in [2.75, 3.05) is 0 Å². The van der Waals surface area contributed by atoms with Gasteiger partial charge in [-0.15, -0.1) is 11.3 Å². The Morgan fingerprint density at radius 2 is 0.661 bits per heavy atom. The molecule has 0 unspecified atom stereocenters. The number of benzene rings is 10. The minimum atomic E-state index is 1.16. The fourth-order valence-corrected chi connectivity index (χ4v) is 10.5. The van der Waals surface area contributed by atoms with Crippen molar-refractivity contribution < 1.29 is 0 Å². The van der Waals surface area contributed by atoms with Gasteiger partial charge in [-0.05, 0) is 104 Å². The van der Waals surface area contributed by atoms with Crippen molar-refractivity contribution in [3.63, 3.8) is 0 Å². The summed E-state index contributed by atoms with van der Waals surface area (Å²) in [5, 5.41) is 5.12. The summed E-state index contributed by atoms with van der Waals surface area (Å²) in [6.07, 6.45) is 0. The number of aromatic nitrogens is 1. The van der Waals surface area contributed by atoms with E-state index in [1.807, 2.05) is 11.3 Å². The van der Waals surface area contributed by atoms with Gasteiger partial charge in [0, 0.05) is 36.5 Å². The third-order valence-corrected chi connectivity index (χ3v) is 13.6. The zero-order valence-corrected chi connectivity index (χ0v) is 34.7. The quantitative estimate of drug-likeness (QED) is 0.151. The first-order valence-corrected chi connectivity index (χ1v) is 22.1. The lowest BCUT2D eigenvalue weighted by Crippen LogP contribution is -1.97. The molecule has 0 spiro atoms. The van der Waals surface area contributed by atoms with E-state index >= 15 is 0 Å². The lowest BCUT2D eigenvalue weighted by molar-refractivity contribution is 1.18. The molecule has 0 N–H and O–H groups in total. The summed E-state index contributed by atoms with van der Waals surface area (Å²) >= 11 is 1.87. The molecule has 2 heterocycles. The smallest absolute Gasteiger partial charge is 0.0541 e. The third-order valence-electron chi connectivity index (χ3n) is 12.5. The Morgan fingerprint density at radius 1 is 0.258 bits per heavy atom. The molecule has 0 bridgehead atoms. The fraction of sp³-hybridized carbons (Fsp3) is 0. The van der Waals surface area contributed by atoms with E-state index < -0.39 is 0 Å². The van der Waals surface area contributed by atoms with E-state index in [4.69, 9.17) is 0 Å². The van der Waals surface area contributed by atoms with E-state index in [-0.39, 0.29) is 0 Å². The molecule has 0 aliphatic carbocycles. The summed E-state index contributed by atoms with van der Waals surface area (Å²) in [6.45, 7) is 0. The van der Waals surface area contributed by atoms with Crippen LogP contribution >= 0.6 is 11.3 Å². The first kappa shape index (κ1) is 36.1. The van der Waals surface area contributed by atoms with Crippen LogP contribution in [0, 0.1) is 0 Å². The van der Waals surface area contributed by atoms with Crippen LogP contribution in [-0.2, 0) is 0 Å². The minimum Gasteiger partial charge on any atom is -0.309 e. The first-order valence-electron chi connectivity index (χ1n) is 21.2. The summed E-state index contributed by atoms with van der Waals surface area (Å²) in [5.41, 5.74) is 18.1. The van der Waals surface area contributed by atoms with Gasteiger partial charge in [0.15, 0.2) is 0 Å². The van der Waals surface area contributed by atoms with Gasteiger partial charge in [0.1, 0.15) is 0 Å². The topological polar surface area (TPSA) is 4.93 Å². The van der Waals surface area contributed by atoms with E-state index in [1.54, 1.807) is 0 Å². The van der Waals surface area contributed by atoms with Crippen molar-refractivity contribution >= 4 is 53.3 Å². The largest absolute Gasteiger partial charge is 0.309 e. The molecule has 0 saturated heterocycles. The highest BCUT2D eigenvalue weighted by molar-refractivity contribution is 7.25. The lowest BCUT2D eigenvalue weighted by atomic mass is 9.96. The Balaban J connectivity index is 0.988. The van der Waals surface area contributed by atoms with Crippen LogP contribution < -0.4 is 0 Å². The van der Waals surface area contributed by atoms with Crippen molar-refractivity contribution in [3.05, 3.63) is 237 Å². The summed E-state index contributed by atoms with van der Waals surface area (Å²) in [5.74, 6) is 0. The summed E-state index contributed by atoms with van der Waals surface area (Å²) in [7, 11) is 0. The van der Waals surface area contributed by atoms with Gasteiger partial charge in [-0.3, -0.25) is 0 Å². The van der Waals surface area contributed by atoms with Crippen molar-refractivity contribution in [2.24, 2.45) is 0 Å². The molecular weight excluding hydrogens is 767 g/mol. The molecule has 2 aromatic heterocycles. The highest BCUT2D eigenvalue weighted by Crippen LogP contribution is 2.43. The average molecular weight is 806 g/mol. The van der Waals surface area contributed by atoms with E-state index in [2.05, 4.69) is 241 Å². The number of nitrogens with zero attached hydrogens (tertiary/aromatic N) is 1. The Hall–Kier alpha value is -7.78. The van der Waals surface area contributed by atoms with Crippen molar-refractivity contribution in [1.29, 1.82) is 0 Å². The fourth-order valence-electron chi connectivity index (χ4n) is 9.37. The molecule has 10 aromatic carbocycles. The molecule has 0 fully saturated rings. The van der Waals surface area contributed by atoms with Crippen molar-refractivity contribution in [1.82, 2.24) is 4.57 Å². The van der Waals surface area contributed by atoms with Gasteiger partial charge >= 0.3 is 0 Å². The number of rotatable bonds is 7. The van der Waals surface area contributed by atoms with Gasteiger partial charge in [0.2, 0.25) is 0 Å². The Kier molecular flexibility index (Phi) is 8.76. The molecule has 12 aromatic rings. The van der Waals surface area contributed by atoms with E-state index in [0.717, 1.165) is 5.69 Å². The monoisotopic (exact) mass is 805 g/mol. The Morgan fingerprint density at radius 3 is 1.24 bits per heavy atom. The zero-order valence-electron chi connectivity index (χ0n) is 33.9. The van der Waals surface area contributed by atoms with Gasteiger partial charge in [0.25, 0.3) is 0 Å². The summed E-state index contributed by atoms with van der Waals surface area (Å²) in [6, 6.07) is 86.6. The number of fused-ring (bicyclic) bond motifs is 6. The lowest BCUT2D eigenvalue weighted by Gasteiger charge is -2.15. The third kappa shape index (κ3) is 6.24. The normalized spacial score (nSPS) is 11.5. The zero-order chi connectivity index (χ0) is 41.0. The maximum Gasteiger partial charge on any atom is 0.0541 e. The van der Waals surface area contributed by atoms with Crippen LogP contribution in [-0.4, -0.2) is 4.57 Å². The van der Waals surface area contributed by atoms with Crippen molar-refractivity contribution in [3.8, 4) is 72.4 Å². The molecule has 2 heteroatoms. The van der Waals surface area contributed by atoms with Gasteiger partial charge < -0.3 is 4.57 Å². The van der Waals surface area contributed by atoms with Gasteiger partial charge in [-0.1, -0.05) is 194 Å². The molecular formula is C60H39NS. The van der Waals surface area contributed by atoms with Gasteiger partial charge in [0.05, 0.1) is 16.7 Å². The molecule has 0 aliphatic heterocycles. The van der Waals surface area contributed by atoms with Crippen LogP contribution in [0.1, 0.15) is 0 Å². The molecule has 0 amide bonds. The second-order valence-electron chi connectivity index (χ2n) is 16.1. The Bertz CT molecular complexity index is 3440. The second-order valence-corrected chi connectivity index (χ2v) is 17.1. The van der Waals surface area contributed by atoms with E-state index in [9.17, 15) is 0 Å². The van der Waals surface area contributed by atoms with Crippen LogP contribution in [0.15, 0.2) is 237 Å². The number of hydrogen-bond acceptors (Lipinski definition) is 1. The summed E-state index contributed by atoms with van der Waals surface area (Å²) < 4.78 is 5.12. The molecule has 0 atom stereocenters. The molecule has 0 aliphatic rings. The highest BCUT2D eigenvalue weighted by Gasteiger charge is 2.18. The predicted molar refractivity (Wildman–Crippen MR) is 266 cm³/mol. The SMILES string of the molecule is c1ccc(-c2ccc(-c3ccc4c(c3)c3cc(-c5ccc(-c6ccccc6)cc5)ccc3n4-c3ccccc3-c3ccc(-c4cccc5sc6ccccc6c45)cc3)cc2)cc1. The molecule has 62 heavy (non-hydrogen) atoms. The van der Waals surface area contributed by atoms with E-state index in [1.165, 1.54) is 109 Å². The van der Waals surface area contributed by atoms with Crippen LogP contribution in [0.2, 0.25) is 0 Å².